The highest BCUT2D eigenvalue weighted by Crippen LogP contribution is 2.16. The lowest BCUT2D eigenvalue weighted by atomic mass is 9.96. The van der Waals surface area contributed by atoms with E-state index >= 15 is 0 Å². The van der Waals surface area contributed by atoms with E-state index in [9.17, 15) is 9.59 Å². The number of aliphatic carboxylic acids is 1. The highest BCUT2D eigenvalue weighted by Gasteiger charge is 2.09. The highest BCUT2D eigenvalue weighted by molar-refractivity contribution is 5.92. The second-order valence-corrected chi connectivity index (χ2v) is 4.93. The summed E-state index contributed by atoms with van der Waals surface area (Å²) in [6, 6.07) is 3.52. The number of amides is 1. The maximum atomic E-state index is 11.5. The van der Waals surface area contributed by atoms with Crippen molar-refractivity contribution in [2.75, 3.05) is 18.9 Å². The summed E-state index contributed by atoms with van der Waals surface area (Å²) in [5.74, 6) is -0.564. The molecule has 0 aliphatic carbocycles. The molecule has 6 heteroatoms. The number of rotatable bonds is 9. The maximum absolute atomic E-state index is 11.5. The Balaban J connectivity index is 2.44. The van der Waals surface area contributed by atoms with E-state index in [0.29, 0.717) is 18.0 Å². The number of aromatic nitrogens is 1. The zero-order valence-corrected chi connectivity index (χ0v) is 12.6. The van der Waals surface area contributed by atoms with Crippen molar-refractivity contribution in [3.05, 3.63) is 24.0 Å². The molecule has 0 aliphatic heterocycles. The van der Waals surface area contributed by atoms with Crippen molar-refractivity contribution < 1.29 is 14.7 Å². The Morgan fingerprint density at radius 3 is 2.76 bits per heavy atom. The molecule has 1 heterocycles. The van der Waals surface area contributed by atoms with E-state index in [2.05, 4.69) is 22.5 Å². The molecular formula is C15H23N3O3. The number of carboxylic acids is 1. The van der Waals surface area contributed by atoms with E-state index in [1.807, 2.05) is 6.07 Å². The van der Waals surface area contributed by atoms with Crippen LogP contribution in [0.1, 0.15) is 43.1 Å². The van der Waals surface area contributed by atoms with E-state index < -0.39 is 5.97 Å². The summed E-state index contributed by atoms with van der Waals surface area (Å²) in [6.45, 7) is 2.82. The molecule has 3 N–H and O–H groups in total. The van der Waals surface area contributed by atoms with Gasteiger partial charge in [0.1, 0.15) is 5.69 Å². The molecule has 21 heavy (non-hydrogen) atoms. The van der Waals surface area contributed by atoms with Gasteiger partial charge >= 0.3 is 5.97 Å². The van der Waals surface area contributed by atoms with Crippen molar-refractivity contribution in [1.29, 1.82) is 0 Å². The van der Waals surface area contributed by atoms with Crippen LogP contribution in [0.15, 0.2) is 18.3 Å². The third kappa shape index (κ3) is 6.25. The summed E-state index contributed by atoms with van der Waals surface area (Å²) in [7, 11) is 1.57. The molecule has 0 saturated carbocycles. The van der Waals surface area contributed by atoms with Crippen LogP contribution in [0.3, 0.4) is 0 Å². The Morgan fingerprint density at radius 2 is 2.14 bits per heavy atom. The lowest BCUT2D eigenvalue weighted by Gasteiger charge is -2.14. The summed E-state index contributed by atoms with van der Waals surface area (Å²) < 4.78 is 0. The fourth-order valence-electron chi connectivity index (χ4n) is 2.09. The van der Waals surface area contributed by atoms with Crippen molar-refractivity contribution >= 4 is 17.6 Å². The molecule has 0 fully saturated rings. The van der Waals surface area contributed by atoms with E-state index in [1.165, 1.54) is 0 Å². The van der Waals surface area contributed by atoms with Gasteiger partial charge in [-0.2, -0.15) is 0 Å². The van der Waals surface area contributed by atoms with Crippen LogP contribution in [-0.2, 0) is 4.79 Å². The lowest BCUT2D eigenvalue weighted by molar-refractivity contribution is -0.137. The van der Waals surface area contributed by atoms with Gasteiger partial charge in [0.05, 0.1) is 0 Å². The Hall–Kier alpha value is -2.11. The van der Waals surface area contributed by atoms with Gasteiger partial charge < -0.3 is 15.7 Å². The van der Waals surface area contributed by atoms with Crippen LogP contribution in [0.25, 0.3) is 0 Å². The van der Waals surface area contributed by atoms with Crippen molar-refractivity contribution in [2.45, 2.75) is 32.6 Å². The minimum Gasteiger partial charge on any atom is -0.481 e. The molecule has 1 aromatic heterocycles. The summed E-state index contributed by atoms with van der Waals surface area (Å²) in [5.41, 5.74) is 1.22. The Morgan fingerprint density at radius 1 is 1.38 bits per heavy atom. The van der Waals surface area contributed by atoms with Crippen LogP contribution >= 0.6 is 0 Å². The molecule has 0 spiro atoms. The Bertz CT molecular complexity index is 477. The standard InChI is InChI=1S/C15H23N3O3/c1-3-11(4-5-14(19)20)6-8-17-12-7-9-18-13(10-12)15(21)16-2/h7,9-11H,3-6,8H2,1-2H3,(H,16,21)(H,17,18)(H,19,20). The van der Waals surface area contributed by atoms with E-state index in [0.717, 1.165) is 25.1 Å². The minimum absolute atomic E-state index is 0.216. The highest BCUT2D eigenvalue weighted by atomic mass is 16.4. The lowest BCUT2D eigenvalue weighted by Crippen LogP contribution is -2.19. The third-order valence-electron chi connectivity index (χ3n) is 3.45. The van der Waals surface area contributed by atoms with Gasteiger partial charge in [-0.05, 0) is 30.9 Å². The van der Waals surface area contributed by atoms with E-state index in [1.54, 1.807) is 19.3 Å². The van der Waals surface area contributed by atoms with Crippen molar-refractivity contribution in [1.82, 2.24) is 10.3 Å². The largest absolute Gasteiger partial charge is 0.481 e. The van der Waals surface area contributed by atoms with Crippen LogP contribution in [0.4, 0.5) is 5.69 Å². The first kappa shape index (κ1) is 16.9. The van der Waals surface area contributed by atoms with E-state index in [-0.39, 0.29) is 12.3 Å². The molecule has 116 valence electrons. The van der Waals surface area contributed by atoms with Crippen LogP contribution in [0, 0.1) is 5.92 Å². The number of carbonyl (C=O) groups excluding carboxylic acids is 1. The summed E-state index contributed by atoms with van der Waals surface area (Å²) in [5, 5.41) is 14.5. The molecular weight excluding hydrogens is 270 g/mol. The number of hydrogen-bond donors (Lipinski definition) is 3. The van der Waals surface area contributed by atoms with Crippen LogP contribution in [-0.4, -0.2) is 35.6 Å². The number of nitrogens with one attached hydrogen (secondary N) is 2. The summed E-state index contributed by atoms with van der Waals surface area (Å²) >= 11 is 0. The average Bonchev–Trinajstić information content (AvgIpc) is 2.49. The van der Waals surface area contributed by atoms with Crippen molar-refractivity contribution in [2.24, 2.45) is 5.92 Å². The molecule has 0 aromatic carbocycles. The summed E-state index contributed by atoms with van der Waals surface area (Å²) in [6.07, 6.45) is 4.38. The van der Waals surface area contributed by atoms with Crippen LogP contribution < -0.4 is 10.6 Å². The molecule has 1 atom stereocenters. The first-order valence-corrected chi connectivity index (χ1v) is 7.20. The minimum atomic E-state index is -0.745. The zero-order valence-electron chi connectivity index (χ0n) is 12.6. The molecule has 1 amide bonds. The van der Waals surface area contributed by atoms with Gasteiger partial charge in [0.2, 0.25) is 0 Å². The SMILES string of the molecule is CCC(CCNc1ccnc(C(=O)NC)c1)CCC(=O)O. The quantitative estimate of drug-likeness (QED) is 0.649. The van der Waals surface area contributed by atoms with E-state index in [4.69, 9.17) is 5.11 Å². The molecule has 1 aromatic rings. The number of nitrogens with zero attached hydrogens (tertiary/aromatic N) is 1. The second-order valence-electron chi connectivity index (χ2n) is 4.93. The molecule has 0 radical (unpaired) electrons. The van der Waals surface area contributed by atoms with Gasteiger partial charge in [0, 0.05) is 31.9 Å². The average molecular weight is 293 g/mol. The number of anilines is 1. The monoisotopic (exact) mass is 293 g/mol. The van der Waals surface area contributed by atoms with Gasteiger partial charge in [0.15, 0.2) is 0 Å². The fourth-order valence-corrected chi connectivity index (χ4v) is 2.09. The first-order valence-electron chi connectivity index (χ1n) is 7.20. The first-order chi connectivity index (χ1) is 10.1. The predicted molar refractivity (Wildman–Crippen MR) is 81.4 cm³/mol. The van der Waals surface area contributed by atoms with Gasteiger partial charge in [-0.25, -0.2) is 0 Å². The van der Waals surface area contributed by atoms with Crippen molar-refractivity contribution in [3.8, 4) is 0 Å². The zero-order chi connectivity index (χ0) is 15.7. The van der Waals surface area contributed by atoms with Gasteiger partial charge in [-0.1, -0.05) is 13.3 Å². The Labute approximate surface area is 125 Å². The van der Waals surface area contributed by atoms with Crippen LogP contribution in [0.5, 0.6) is 0 Å². The number of carbonyl (C=O) groups is 2. The molecule has 0 aliphatic rings. The third-order valence-corrected chi connectivity index (χ3v) is 3.45. The topological polar surface area (TPSA) is 91.3 Å². The fraction of sp³-hybridized carbons (Fsp3) is 0.533. The molecule has 1 rings (SSSR count). The van der Waals surface area contributed by atoms with Crippen molar-refractivity contribution in [3.63, 3.8) is 0 Å². The van der Waals surface area contributed by atoms with Gasteiger partial charge in [0.25, 0.3) is 5.91 Å². The summed E-state index contributed by atoms with van der Waals surface area (Å²) in [4.78, 5) is 26.1. The van der Waals surface area contributed by atoms with Gasteiger partial charge in [-0.3, -0.25) is 14.6 Å². The van der Waals surface area contributed by atoms with Gasteiger partial charge in [-0.15, -0.1) is 0 Å². The number of carboxylic acid groups (broad SMARTS) is 1. The number of hydrogen-bond acceptors (Lipinski definition) is 4. The number of pyridine rings is 1. The maximum Gasteiger partial charge on any atom is 0.303 e. The molecule has 0 bridgehead atoms. The molecule has 6 nitrogen and oxygen atoms in total. The Kier molecular flexibility index (Phi) is 7.21. The smallest absolute Gasteiger partial charge is 0.303 e. The normalized spacial score (nSPS) is 11.7. The molecule has 0 saturated heterocycles. The second kappa shape index (κ2) is 8.94. The van der Waals surface area contributed by atoms with Crippen LogP contribution in [0.2, 0.25) is 0 Å². The predicted octanol–water partition coefficient (Wildman–Crippen LogP) is 2.13. The molecule has 1 unspecified atom stereocenters.